The van der Waals surface area contributed by atoms with Crippen molar-refractivity contribution in [2.24, 2.45) is 0 Å². The summed E-state index contributed by atoms with van der Waals surface area (Å²) in [6.45, 7) is 12.5. The highest BCUT2D eigenvalue weighted by molar-refractivity contribution is 5.86. The molecule has 0 bridgehead atoms. The number of rotatable bonds is 9. The third kappa shape index (κ3) is 4.24. The van der Waals surface area contributed by atoms with Crippen LogP contribution < -0.4 is 16.0 Å². The van der Waals surface area contributed by atoms with E-state index in [1.54, 1.807) is 0 Å². The second-order valence-electron chi connectivity index (χ2n) is 7.65. The number of nitrogens with one attached hydrogen (secondary N) is 1. The van der Waals surface area contributed by atoms with E-state index in [1.807, 2.05) is 54.0 Å². The number of nitrogens with zero attached hydrogens (tertiary/aromatic N) is 3. The number of hydrogen-bond donors (Lipinski definition) is 1. The molecule has 1 N–H and O–H groups in total. The van der Waals surface area contributed by atoms with Crippen LogP contribution in [0.4, 0.5) is 5.69 Å². The molecule has 2 heterocycles. The van der Waals surface area contributed by atoms with Crippen molar-refractivity contribution < 1.29 is 9.25 Å². The van der Waals surface area contributed by atoms with Crippen molar-refractivity contribution in [3.8, 4) is 11.4 Å². The molecule has 0 aliphatic heterocycles. The molecule has 0 saturated heterocycles. The predicted octanol–water partition coefficient (Wildman–Crippen LogP) is 4.71. The van der Waals surface area contributed by atoms with Crippen molar-refractivity contribution in [3.05, 3.63) is 71.2 Å². The molecule has 2 aromatic carbocycles. The maximum atomic E-state index is 13.0. The largest absolute Gasteiger partial charge is 0.422 e. The van der Waals surface area contributed by atoms with E-state index in [-0.39, 0.29) is 0 Å². The third-order valence-electron chi connectivity index (χ3n) is 5.41. The lowest BCUT2D eigenvalue weighted by molar-refractivity contribution is 0.0580. The number of anilines is 1. The minimum Gasteiger partial charge on any atom is -0.422 e. The molecule has 0 fully saturated rings. The molecule has 4 aromatic rings. The van der Waals surface area contributed by atoms with E-state index in [4.69, 9.17) is 14.2 Å². The van der Waals surface area contributed by atoms with Crippen LogP contribution in [0, 0.1) is 0 Å². The lowest BCUT2D eigenvalue weighted by atomic mass is 10.1. The Bertz CT molecular complexity index is 1320. The first-order valence-electron chi connectivity index (χ1n) is 10.8. The molecule has 0 radical (unpaired) electrons. The third-order valence-corrected chi connectivity index (χ3v) is 5.41. The standard InChI is InChI=1S/C25H28N4O3/c1-5-28(6-2)19-12-11-18-15-20(25(30)32-23(18)16-19)24-26-21-9-7-8-10-22(21)29(24)13-14-31-27-17(3)4/h7-12,15-16,27H,3,5-6,13-14H2,1-2,4H3. The predicted molar refractivity (Wildman–Crippen MR) is 129 cm³/mol. The topological polar surface area (TPSA) is 72.5 Å². The molecule has 0 saturated carbocycles. The van der Waals surface area contributed by atoms with Crippen LogP contribution in [0.3, 0.4) is 0 Å². The molecule has 7 heteroatoms. The molecule has 0 spiro atoms. The van der Waals surface area contributed by atoms with Gasteiger partial charge >= 0.3 is 5.63 Å². The van der Waals surface area contributed by atoms with Crippen LogP contribution in [0.25, 0.3) is 33.4 Å². The SMILES string of the molecule is C=C(C)NOCCn1c(-c2cc3ccc(N(CC)CC)cc3oc2=O)nc2ccccc21. The van der Waals surface area contributed by atoms with Crippen LogP contribution in [0.15, 0.2) is 70.0 Å². The quantitative estimate of drug-likeness (QED) is 0.235. The van der Waals surface area contributed by atoms with Gasteiger partial charge in [0.2, 0.25) is 0 Å². The number of aromatic nitrogens is 2. The van der Waals surface area contributed by atoms with Crippen molar-refractivity contribution in [3.63, 3.8) is 0 Å². The average molecular weight is 433 g/mol. The number of fused-ring (bicyclic) bond motifs is 2. The Balaban J connectivity index is 1.77. The van der Waals surface area contributed by atoms with E-state index in [0.29, 0.717) is 30.1 Å². The van der Waals surface area contributed by atoms with E-state index in [0.717, 1.165) is 40.9 Å². The molecule has 4 rings (SSSR count). The summed E-state index contributed by atoms with van der Waals surface area (Å²) in [6.07, 6.45) is 0. The highest BCUT2D eigenvalue weighted by atomic mass is 16.6. The molecule has 166 valence electrons. The van der Waals surface area contributed by atoms with Crippen LogP contribution in [0.2, 0.25) is 0 Å². The number of hydrogen-bond acceptors (Lipinski definition) is 6. The summed E-state index contributed by atoms with van der Waals surface area (Å²) in [5, 5.41) is 0.856. The van der Waals surface area contributed by atoms with Gasteiger partial charge in [0.05, 0.1) is 24.2 Å². The van der Waals surface area contributed by atoms with Crippen molar-refractivity contribution in [1.29, 1.82) is 0 Å². The molecular weight excluding hydrogens is 404 g/mol. The van der Waals surface area contributed by atoms with Gasteiger partial charge in [-0.05, 0) is 51.1 Å². The maximum absolute atomic E-state index is 13.0. The van der Waals surface area contributed by atoms with Gasteiger partial charge in [0, 0.05) is 35.9 Å². The highest BCUT2D eigenvalue weighted by Crippen LogP contribution is 2.27. The number of hydroxylamine groups is 1. The average Bonchev–Trinajstić information content (AvgIpc) is 3.15. The zero-order chi connectivity index (χ0) is 22.7. The lowest BCUT2D eigenvalue weighted by Crippen LogP contribution is -2.21. The molecule has 0 atom stereocenters. The van der Waals surface area contributed by atoms with E-state index >= 15 is 0 Å². The summed E-state index contributed by atoms with van der Waals surface area (Å²) in [5.41, 5.74) is 6.85. The van der Waals surface area contributed by atoms with Crippen molar-refractivity contribution in [1.82, 2.24) is 15.0 Å². The maximum Gasteiger partial charge on any atom is 0.347 e. The Hall–Kier alpha value is -3.58. The summed E-state index contributed by atoms with van der Waals surface area (Å²) in [4.78, 5) is 25.4. The fourth-order valence-corrected chi connectivity index (χ4v) is 3.86. The Labute approximate surface area is 186 Å². The monoisotopic (exact) mass is 432 g/mol. The van der Waals surface area contributed by atoms with Gasteiger partial charge in [-0.2, -0.15) is 0 Å². The minimum absolute atomic E-state index is 0.381. The first-order valence-corrected chi connectivity index (χ1v) is 10.8. The van der Waals surface area contributed by atoms with Crippen LogP contribution in [-0.4, -0.2) is 29.2 Å². The number of allylic oxidation sites excluding steroid dienone is 1. The van der Waals surface area contributed by atoms with Crippen LogP contribution in [0.5, 0.6) is 0 Å². The second kappa shape index (κ2) is 9.28. The Morgan fingerprint density at radius 1 is 1.19 bits per heavy atom. The normalized spacial score (nSPS) is 11.2. The van der Waals surface area contributed by atoms with Gasteiger partial charge < -0.3 is 13.9 Å². The zero-order valence-corrected chi connectivity index (χ0v) is 18.7. The van der Waals surface area contributed by atoms with Gasteiger partial charge in [-0.3, -0.25) is 10.3 Å². The van der Waals surface area contributed by atoms with E-state index in [2.05, 4.69) is 36.9 Å². The molecule has 7 nitrogen and oxygen atoms in total. The van der Waals surface area contributed by atoms with Crippen molar-refractivity contribution in [2.45, 2.75) is 27.3 Å². The molecule has 0 aliphatic rings. The first kappa shape index (κ1) is 21.6. The molecular formula is C25H28N4O3. The van der Waals surface area contributed by atoms with Gasteiger partial charge in [0.15, 0.2) is 0 Å². The number of para-hydroxylation sites is 2. The summed E-state index contributed by atoms with van der Waals surface area (Å²) in [6, 6.07) is 15.6. The van der Waals surface area contributed by atoms with Crippen LogP contribution in [0.1, 0.15) is 20.8 Å². The smallest absolute Gasteiger partial charge is 0.347 e. The van der Waals surface area contributed by atoms with Crippen LogP contribution >= 0.6 is 0 Å². The van der Waals surface area contributed by atoms with Crippen molar-refractivity contribution in [2.75, 3.05) is 24.6 Å². The van der Waals surface area contributed by atoms with Gasteiger partial charge in [-0.1, -0.05) is 18.7 Å². The summed E-state index contributed by atoms with van der Waals surface area (Å²) in [5.74, 6) is 0.564. The van der Waals surface area contributed by atoms with Crippen molar-refractivity contribution >= 4 is 27.7 Å². The van der Waals surface area contributed by atoms with E-state index in [1.165, 1.54) is 0 Å². The fourth-order valence-electron chi connectivity index (χ4n) is 3.86. The van der Waals surface area contributed by atoms with Gasteiger partial charge in [0.25, 0.3) is 0 Å². The molecule has 0 amide bonds. The summed E-state index contributed by atoms with van der Waals surface area (Å²) < 4.78 is 7.73. The van der Waals surface area contributed by atoms with Gasteiger partial charge in [0.1, 0.15) is 17.0 Å². The summed E-state index contributed by atoms with van der Waals surface area (Å²) in [7, 11) is 0. The summed E-state index contributed by atoms with van der Waals surface area (Å²) >= 11 is 0. The molecule has 2 aromatic heterocycles. The number of imidazole rings is 1. The minimum atomic E-state index is -0.410. The Morgan fingerprint density at radius 2 is 1.97 bits per heavy atom. The van der Waals surface area contributed by atoms with Crippen LogP contribution in [-0.2, 0) is 11.4 Å². The fraction of sp³-hybridized carbons (Fsp3) is 0.280. The van der Waals surface area contributed by atoms with E-state index < -0.39 is 5.63 Å². The Morgan fingerprint density at radius 3 is 2.72 bits per heavy atom. The zero-order valence-electron chi connectivity index (χ0n) is 18.7. The first-order chi connectivity index (χ1) is 15.5. The molecule has 32 heavy (non-hydrogen) atoms. The Kier molecular flexibility index (Phi) is 6.28. The van der Waals surface area contributed by atoms with E-state index in [9.17, 15) is 4.79 Å². The lowest BCUT2D eigenvalue weighted by Gasteiger charge is -2.21. The van der Waals surface area contributed by atoms with Gasteiger partial charge in [-0.25, -0.2) is 9.78 Å². The second-order valence-corrected chi connectivity index (χ2v) is 7.65. The molecule has 0 aliphatic carbocycles. The van der Waals surface area contributed by atoms with Gasteiger partial charge in [-0.15, -0.1) is 0 Å². The number of benzene rings is 2. The highest BCUT2D eigenvalue weighted by Gasteiger charge is 2.17. The molecule has 0 unspecified atom stereocenters.